The van der Waals surface area contributed by atoms with Crippen molar-refractivity contribution in [3.05, 3.63) is 18.0 Å². The third kappa shape index (κ3) is 2.13. The van der Waals surface area contributed by atoms with Gasteiger partial charge in [-0.15, -0.1) is 0 Å². The molecule has 0 atom stereocenters. The van der Waals surface area contributed by atoms with E-state index in [9.17, 15) is 0 Å². The van der Waals surface area contributed by atoms with Gasteiger partial charge in [0.05, 0.1) is 12.2 Å². The summed E-state index contributed by atoms with van der Waals surface area (Å²) in [5.41, 5.74) is 1.27. The fraction of sp³-hybridized carbons (Fsp3) is 0.700. The molecule has 0 spiro atoms. The second-order valence-electron chi connectivity index (χ2n) is 3.84. The van der Waals surface area contributed by atoms with Crippen LogP contribution < -0.4 is 10.6 Å². The average molecular weight is 194 g/mol. The Morgan fingerprint density at radius 2 is 2.36 bits per heavy atom. The quantitative estimate of drug-likeness (QED) is 0.737. The van der Waals surface area contributed by atoms with Gasteiger partial charge in [0.15, 0.2) is 0 Å². The van der Waals surface area contributed by atoms with E-state index in [0.717, 1.165) is 19.6 Å². The minimum Gasteiger partial charge on any atom is -0.317 e. The normalized spacial score (nSPS) is 18.6. The summed E-state index contributed by atoms with van der Waals surface area (Å²) in [5.74, 6) is 0. The van der Waals surface area contributed by atoms with Crippen molar-refractivity contribution in [3.8, 4) is 0 Å². The Labute approximate surface area is 84.7 Å². The van der Waals surface area contributed by atoms with E-state index in [0.29, 0.717) is 6.04 Å². The van der Waals surface area contributed by atoms with E-state index in [1.807, 2.05) is 13.2 Å². The number of piperidine rings is 1. The van der Waals surface area contributed by atoms with Crippen LogP contribution in [-0.4, -0.2) is 29.9 Å². The van der Waals surface area contributed by atoms with Gasteiger partial charge in [0.2, 0.25) is 0 Å². The topological polar surface area (TPSA) is 41.9 Å². The maximum Gasteiger partial charge on any atom is 0.0543 e. The molecule has 1 saturated heterocycles. The second-order valence-corrected chi connectivity index (χ2v) is 3.84. The van der Waals surface area contributed by atoms with Crippen LogP contribution in [0.4, 0.5) is 0 Å². The molecule has 0 radical (unpaired) electrons. The molecule has 1 fully saturated rings. The van der Waals surface area contributed by atoms with Crippen molar-refractivity contribution < 1.29 is 0 Å². The molecule has 4 nitrogen and oxygen atoms in total. The standard InChI is InChI=1S/C10H18N4/c1-11-6-9-7-13-14(8-9)10-2-4-12-5-3-10/h7-8,10-12H,2-6H2,1H3. The summed E-state index contributed by atoms with van der Waals surface area (Å²) in [6, 6.07) is 0.599. The summed E-state index contributed by atoms with van der Waals surface area (Å²) in [4.78, 5) is 0. The summed E-state index contributed by atoms with van der Waals surface area (Å²) < 4.78 is 2.12. The Kier molecular flexibility index (Phi) is 3.16. The molecule has 2 heterocycles. The fourth-order valence-corrected chi connectivity index (χ4v) is 1.94. The van der Waals surface area contributed by atoms with Crippen LogP contribution in [0.25, 0.3) is 0 Å². The average Bonchev–Trinajstić information content (AvgIpc) is 2.68. The molecule has 1 aliphatic rings. The smallest absolute Gasteiger partial charge is 0.0543 e. The van der Waals surface area contributed by atoms with Gasteiger partial charge < -0.3 is 10.6 Å². The Bertz CT molecular complexity index is 275. The van der Waals surface area contributed by atoms with Gasteiger partial charge in [0, 0.05) is 18.3 Å². The van der Waals surface area contributed by atoms with Gasteiger partial charge in [-0.2, -0.15) is 5.10 Å². The lowest BCUT2D eigenvalue weighted by atomic mass is 10.1. The van der Waals surface area contributed by atoms with Crippen molar-refractivity contribution in [1.82, 2.24) is 20.4 Å². The minimum atomic E-state index is 0.599. The zero-order valence-electron chi connectivity index (χ0n) is 8.66. The predicted molar refractivity (Wildman–Crippen MR) is 56.1 cm³/mol. The van der Waals surface area contributed by atoms with Gasteiger partial charge in [-0.25, -0.2) is 0 Å². The highest BCUT2D eigenvalue weighted by Gasteiger charge is 2.15. The molecule has 2 rings (SSSR count). The number of rotatable bonds is 3. The molecule has 0 saturated carbocycles. The molecule has 0 bridgehead atoms. The SMILES string of the molecule is CNCc1cnn(C2CCNCC2)c1. The molecule has 1 aliphatic heterocycles. The molecule has 4 heteroatoms. The van der Waals surface area contributed by atoms with E-state index in [-0.39, 0.29) is 0 Å². The maximum atomic E-state index is 4.41. The molecule has 2 N–H and O–H groups in total. The van der Waals surface area contributed by atoms with Crippen molar-refractivity contribution in [3.63, 3.8) is 0 Å². The van der Waals surface area contributed by atoms with Gasteiger partial charge in [0.25, 0.3) is 0 Å². The van der Waals surface area contributed by atoms with Crippen molar-refractivity contribution in [2.75, 3.05) is 20.1 Å². The molecule has 0 unspecified atom stereocenters. The van der Waals surface area contributed by atoms with Crippen LogP contribution in [0.2, 0.25) is 0 Å². The van der Waals surface area contributed by atoms with Gasteiger partial charge in [-0.1, -0.05) is 0 Å². The second kappa shape index (κ2) is 4.57. The van der Waals surface area contributed by atoms with Crippen LogP contribution in [0, 0.1) is 0 Å². The van der Waals surface area contributed by atoms with E-state index < -0.39 is 0 Å². The Hall–Kier alpha value is -0.870. The van der Waals surface area contributed by atoms with E-state index >= 15 is 0 Å². The summed E-state index contributed by atoms with van der Waals surface area (Å²) in [5, 5.41) is 10.9. The molecule has 0 aliphatic carbocycles. The summed E-state index contributed by atoms with van der Waals surface area (Å²) in [7, 11) is 1.96. The third-order valence-electron chi connectivity index (χ3n) is 2.72. The Morgan fingerprint density at radius 3 is 3.07 bits per heavy atom. The first-order chi connectivity index (χ1) is 6.90. The number of hydrogen-bond donors (Lipinski definition) is 2. The molecular formula is C10H18N4. The van der Waals surface area contributed by atoms with Crippen LogP contribution in [0.3, 0.4) is 0 Å². The number of nitrogens with one attached hydrogen (secondary N) is 2. The molecule has 78 valence electrons. The molecule has 1 aromatic rings. The first kappa shape index (κ1) is 9.68. The highest BCUT2D eigenvalue weighted by atomic mass is 15.3. The van der Waals surface area contributed by atoms with Crippen LogP contribution in [0.5, 0.6) is 0 Å². The van der Waals surface area contributed by atoms with Crippen molar-refractivity contribution in [2.24, 2.45) is 0 Å². The fourth-order valence-electron chi connectivity index (χ4n) is 1.94. The first-order valence-electron chi connectivity index (χ1n) is 5.28. The van der Waals surface area contributed by atoms with Crippen LogP contribution >= 0.6 is 0 Å². The molecule has 0 amide bonds. The van der Waals surface area contributed by atoms with Gasteiger partial charge >= 0.3 is 0 Å². The maximum absolute atomic E-state index is 4.41. The zero-order chi connectivity index (χ0) is 9.80. The third-order valence-corrected chi connectivity index (χ3v) is 2.72. The lowest BCUT2D eigenvalue weighted by Gasteiger charge is -2.22. The summed E-state index contributed by atoms with van der Waals surface area (Å²) in [6.45, 7) is 3.14. The molecule has 1 aromatic heterocycles. The monoisotopic (exact) mass is 194 g/mol. The van der Waals surface area contributed by atoms with E-state index in [1.165, 1.54) is 18.4 Å². The number of nitrogens with zero attached hydrogens (tertiary/aromatic N) is 2. The van der Waals surface area contributed by atoms with Gasteiger partial charge in [-0.3, -0.25) is 4.68 Å². The van der Waals surface area contributed by atoms with Crippen LogP contribution in [0.1, 0.15) is 24.4 Å². The largest absolute Gasteiger partial charge is 0.317 e. The van der Waals surface area contributed by atoms with Crippen LogP contribution in [-0.2, 0) is 6.54 Å². The highest BCUT2D eigenvalue weighted by Crippen LogP contribution is 2.17. The number of hydrogen-bond acceptors (Lipinski definition) is 3. The van der Waals surface area contributed by atoms with Crippen molar-refractivity contribution >= 4 is 0 Å². The zero-order valence-corrected chi connectivity index (χ0v) is 8.66. The lowest BCUT2D eigenvalue weighted by molar-refractivity contribution is 0.343. The Balaban J connectivity index is 2.00. The minimum absolute atomic E-state index is 0.599. The van der Waals surface area contributed by atoms with Crippen molar-refractivity contribution in [2.45, 2.75) is 25.4 Å². The summed E-state index contributed by atoms with van der Waals surface area (Å²) >= 11 is 0. The number of aromatic nitrogens is 2. The lowest BCUT2D eigenvalue weighted by Crippen LogP contribution is -2.29. The van der Waals surface area contributed by atoms with Gasteiger partial charge in [-0.05, 0) is 33.0 Å². The van der Waals surface area contributed by atoms with E-state index in [4.69, 9.17) is 0 Å². The molecule has 0 aromatic carbocycles. The first-order valence-corrected chi connectivity index (χ1v) is 5.28. The van der Waals surface area contributed by atoms with E-state index in [2.05, 4.69) is 26.6 Å². The molecule has 14 heavy (non-hydrogen) atoms. The van der Waals surface area contributed by atoms with Crippen LogP contribution in [0.15, 0.2) is 12.4 Å². The Morgan fingerprint density at radius 1 is 1.57 bits per heavy atom. The predicted octanol–water partition coefficient (Wildman–Crippen LogP) is 0.527. The highest BCUT2D eigenvalue weighted by molar-refractivity contribution is 5.04. The summed E-state index contributed by atoms with van der Waals surface area (Å²) in [6.07, 6.45) is 6.51. The van der Waals surface area contributed by atoms with Gasteiger partial charge in [0.1, 0.15) is 0 Å². The molecular weight excluding hydrogens is 176 g/mol. The van der Waals surface area contributed by atoms with Crippen molar-refractivity contribution in [1.29, 1.82) is 0 Å². The van der Waals surface area contributed by atoms with E-state index in [1.54, 1.807) is 0 Å².